The fourth-order valence-corrected chi connectivity index (χ4v) is 1.25. The van der Waals surface area contributed by atoms with Crippen LogP contribution in [0, 0.1) is 0 Å². The van der Waals surface area contributed by atoms with E-state index in [1.807, 2.05) is 6.92 Å². The molecule has 1 aliphatic rings. The SMILES string of the molecule is CCCNC(=O)N1CC(F)(CN)C1. The predicted octanol–water partition coefficient (Wildman–Crippen LogP) is 0.0886. The van der Waals surface area contributed by atoms with Crippen LogP contribution in [0.3, 0.4) is 0 Å². The summed E-state index contributed by atoms with van der Waals surface area (Å²) in [5, 5.41) is 2.68. The van der Waals surface area contributed by atoms with E-state index >= 15 is 0 Å². The zero-order chi connectivity index (χ0) is 9.90. The molecule has 0 aromatic heterocycles. The van der Waals surface area contributed by atoms with Crippen LogP contribution in [0.2, 0.25) is 0 Å². The molecule has 1 aliphatic heterocycles. The molecule has 0 aromatic rings. The Balaban J connectivity index is 2.23. The minimum atomic E-state index is -1.34. The van der Waals surface area contributed by atoms with Crippen LogP contribution < -0.4 is 11.1 Å². The highest BCUT2D eigenvalue weighted by Gasteiger charge is 2.44. The monoisotopic (exact) mass is 189 g/mol. The number of hydrogen-bond donors (Lipinski definition) is 2. The van der Waals surface area contributed by atoms with Crippen LogP contribution in [0.15, 0.2) is 0 Å². The molecular formula is C8H16FN3O. The lowest BCUT2D eigenvalue weighted by molar-refractivity contribution is 0.00235. The summed E-state index contributed by atoms with van der Waals surface area (Å²) in [7, 11) is 0. The van der Waals surface area contributed by atoms with E-state index in [-0.39, 0.29) is 25.7 Å². The van der Waals surface area contributed by atoms with E-state index < -0.39 is 5.67 Å². The third-order valence-corrected chi connectivity index (χ3v) is 2.13. The van der Waals surface area contributed by atoms with Gasteiger partial charge in [0.1, 0.15) is 0 Å². The van der Waals surface area contributed by atoms with E-state index in [1.165, 1.54) is 4.90 Å². The van der Waals surface area contributed by atoms with Crippen LogP contribution in [0.5, 0.6) is 0 Å². The van der Waals surface area contributed by atoms with Gasteiger partial charge in [-0.05, 0) is 6.42 Å². The molecule has 0 saturated carbocycles. The Morgan fingerprint density at radius 2 is 2.31 bits per heavy atom. The first kappa shape index (κ1) is 10.2. The van der Waals surface area contributed by atoms with Crippen molar-refractivity contribution in [2.75, 3.05) is 26.2 Å². The van der Waals surface area contributed by atoms with Crippen molar-refractivity contribution < 1.29 is 9.18 Å². The van der Waals surface area contributed by atoms with E-state index in [2.05, 4.69) is 5.32 Å². The summed E-state index contributed by atoms with van der Waals surface area (Å²) in [6, 6.07) is -0.191. The highest BCUT2D eigenvalue weighted by Crippen LogP contribution is 2.23. The van der Waals surface area contributed by atoms with Crippen LogP contribution in [0.4, 0.5) is 9.18 Å². The average Bonchev–Trinajstić information content (AvgIpc) is 2.09. The Kier molecular flexibility index (Phi) is 3.08. The minimum absolute atomic E-state index is 0.00937. The number of hydrogen-bond acceptors (Lipinski definition) is 2. The molecule has 0 aromatic carbocycles. The Labute approximate surface area is 77.3 Å². The Morgan fingerprint density at radius 1 is 1.69 bits per heavy atom. The third kappa shape index (κ3) is 2.30. The summed E-state index contributed by atoms with van der Waals surface area (Å²) in [6.45, 7) is 2.84. The molecule has 76 valence electrons. The molecule has 0 unspecified atom stereocenters. The van der Waals surface area contributed by atoms with Crippen LogP contribution in [-0.4, -0.2) is 42.8 Å². The standard InChI is InChI=1S/C8H16FN3O/c1-2-3-11-7(13)12-5-8(9,4-10)6-12/h2-6,10H2,1H3,(H,11,13). The van der Waals surface area contributed by atoms with Gasteiger partial charge >= 0.3 is 6.03 Å². The average molecular weight is 189 g/mol. The second-order valence-electron chi connectivity index (χ2n) is 3.44. The summed E-state index contributed by atoms with van der Waals surface area (Å²) in [5.41, 5.74) is 3.85. The topological polar surface area (TPSA) is 58.4 Å². The largest absolute Gasteiger partial charge is 0.338 e. The lowest BCUT2D eigenvalue weighted by Gasteiger charge is -2.43. The van der Waals surface area contributed by atoms with Crippen molar-refractivity contribution in [1.82, 2.24) is 10.2 Å². The normalized spacial score (nSPS) is 19.5. The molecule has 0 spiro atoms. The number of nitrogens with two attached hydrogens (primary N) is 1. The van der Waals surface area contributed by atoms with Gasteiger partial charge in [0.15, 0.2) is 5.67 Å². The summed E-state index contributed by atoms with van der Waals surface area (Å²) < 4.78 is 13.2. The first-order valence-electron chi connectivity index (χ1n) is 4.53. The van der Waals surface area contributed by atoms with E-state index in [4.69, 9.17) is 5.73 Å². The van der Waals surface area contributed by atoms with Crippen LogP contribution in [0.1, 0.15) is 13.3 Å². The van der Waals surface area contributed by atoms with Crippen molar-refractivity contribution >= 4 is 6.03 Å². The maximum atomic E-state index is 13.2. The number of urea groups is 1. The van der Waals surface area contributed by atoms with E-state index in [0.29, 0.717) is 6.54 Å². The van der Waals surface area contributed by atoms with Gasteiger partial charge in [0.05, 0.1) is 13.1 Å². The van der Waals surface area contributed by atoms with Crippen molar-refractivity contribution in [3.05, 3.63) is 0 Å². The Hall–Kier alpha value is -0.840. The fraction of sp³-hybridized carbons (Fsp3) is 0.875. The molecule has 0 radical (unpaired) electrons. The maximum Gasteiger partial charge on any atom is 0.317 e. The quantitative estimate of drug-likeness (QED) is 0.661. The molecule has 3 N–H and O–H groups in total. The van der Waals surface area contributed by atoms with Crippen molar-refractivity contribution in [3.63, 3.8) is 0 Å². The summed E-state index contributed by atoms with van der Waals surface area (Å²) in [5.74, 6) is 0. The van der Waals surface area contributed by atoms with Crippen molar-refractivity contribution in [2.45, 2.75) is 19.0 Å². The minimum Gasteiger partial charge on any atom is -0.338 e. The predicted molar refractivity (Wildman–Crippen MR) is 48.2 cm³/mol. The summed E-state index contributed by atoms with van der Waals surface area (Å²) >= 11 is 0. The number of rotatable bonds is 3. The van der Waals surface area contributed by atoms with Gasteiger partial charge in [0.25, 0.3) is 0 Å². The number of halogens is 1. The molecule has 1 saturated heterocycles. The molecular weight excluding hydrogens is 173 g/mol. The molecule has 1 heterocycles. The molecule has 1 rings (SSSR count). The smallest absolute Gasteiger partial charge is 0.317 e. The Bertz CT molecular complexity index is 192. The Morgan fingerprint density at radius 3 is 2.77 bits per heavy atom. The number of likely N-dealkylation sites (tertiary alicyclic amines) is 1. The maximum absolute atomic E-state index is 13.2. The van der Waals surface area contributed by atoms with Crippen LogP contribution >= 0.6 is 0 Å². The van der Waals surface area contributed by atoms with E-state index in [1.54, 1.807) is 0 Å². The molecule has 4 nitrogen and oxygen atoms in total. The molecule has 5 heteroatoms. The highest BCUT2D eigenvalue weighted by molar-refractivity contribution is 5.75. The van der Waals surface area contributed by atoms with E-state index in [9.17, 15) is 9.18 Å². The van der Waals surface area contributed by atoms with Gasteiger partial charge < -0.3 is 16.0 Å². The second kappa shape index (κ2) is 3.91. The second-order valence-corrected chi connectivity index (χ2v) is 3.44. The first-order valence-corrected chi connectivity index (χ1v) is 4.53. The number of nitrogens with zero attached hydrogens (tertiary/aromatic N) is 1. The molecule has 0 aliphatic carbocycles. The number of carbonyl (C=O) groups excluding carboxylic acids is 1. The van der Waals surface area contributed by atoms with Crippen LogP contribution in [0.25, 0.3) is 0 Å². The van der Waals surface area contributed by atoms with Gasteiger partial charge in [-0.2, -0.15) is 0 Å². The lowest BCUT2D eigenvalue weighted by Crippen LogP contribution is -2.65. The van der Waals surface area contributed by atoms with Crippen molar-refractivity contribution in [3.8, 4) is 0 Å². The van der Waals surface area contributed by atoms with Gasteiger partial charge in [0, 0.05) is 13.1 Å². The van der Waals surface area contributed by atoms with Gasteiger partial charge in [-0.1, -0.05) is 6.92 Å². The highest BCUT2D eigenvalue weighted by atomic mass is 19.1. The van der Waals surface area contributed by atoms with Gasteiger partial charge in [0.2, 0.25) is 0 Å². The summed E-state index contributed by atoms with van der Waals surface area (Å²) in [6.07, 6.45) is 0.886. The molecule has 0 atom stereocenters. The summed E-state index contributed by atoms with van der Waals surface area (Å²) in [4.78, 5) is 12.6. The van der Waals surface area contributed by atoms with Gasteiger partial charge in [-0.15, -0.1) is 0 Å². The number of amides is 2. The first-order chi connectivity index (χ1) is 6.11. The van der Waals surface area contributed by atoms with Gasteiger partial charge in [-0.3, -0.25) is 0 Å². The third-order valence-electron chi connectivity index (χ3n) is 2.13. The molecule has 13 heavy (non-hydrogen) atoms. The van der Waals surface area contributed by atoms with Crippen LogP contribution in [-0.2, 0) is 0 Å². The lowest BCUT2D eigenvalue weighted by atomic mass is 9.97. The van der Waals surface area contributed by atoms with Crippen molar-refractivity contribution in [2.24, 2.45) is 5.73 Å². The number of alkyl halides is 1. The zero-order valence-corrected chi connectivity index (χ0v) is 7.85. The molecule has 1 fully saturated rings. The number of carbonyl (C=O) groups is 1. The number of nitrogens with one attached hydrogen (secondary N) is 1. The molecule has 0 bridgehead atoms. The zero-order valence-electron chi connectivity index (χ0n) is 7.85. The fourth-order valence-electron chi connectivity index (χ4n) is 1.25. The van der Waals surface area contributed by atoms with Crippen molar-refractivity contribution in [1.29, 1.82) is 0 Å². The molecule has 2 amide bonds. The van der Waals surface area contributed by atoms with E-state index in [0.717, 1.165) is 6.42 Å². The van der Waals surface area contributed by atoms with Gasteiger partial charge in [-0.25, -0.2) is 9.18 Å².